The number of nitrogens with one attached hydrogen (secondary N) is 1. The van der Waals surface area contributed by atoms with Crippen molar-refractivity contribution in [1.29, 1.82) is 0 Å². The Morgan fingerprint density at radius 3 is 2.61 bits per heavy atom. The molecule has 1 aromatic heterocycles. The van der Waals surface area contributed by atoms with Gasteiger partial charge in [-0.25, -0.2) is 9.97 Å². The van der Waals surface area contributed by atoms with Crippen molar-refractivity contribution < 1.29 is 13.2 Å². The Morgan fingerprint density at radius 2 is 2.11 bits per heavy atom. The molecule has 0 saturated heterocycles. The maximum absolute atomic E-state index is 12.5. The lowest BCUT2D eigenvalue weighted by Gasteiger charge is -2.14. The molecule has 0 unspecified atom stereocenters. The van der Waals surface area contributed by atoms with Crippen molar-refractivity contribution in [3.8, 4) is 0 Å². The summed E-state index contributed by atoms with van der Waals surface area (Å²) in [6.45, 7) is 0.582. The number of hydrogen-bond acceptors (Lipinski definition) is 4. The number of thioether (sulfide) groups is 1. The average molecular weight is 298 g/mol. The second-order valence-corrected chi connectivity index (χ2v) is 5.76. The molecule has 1 aliphatic rings. The molecule has 1 heterocycles. The Hall–Kier alpha value is -0.690. The minimum absolute atomic E-state index is 0.114. The third-order valence-electron chi connectivity index (χ3n) is 2.82. The summed E-state index contributed by atoms with van der Waals surface area (Å²) >= 11 is 7.20. The minimum atomic E-state index is -4.51. The Bertz CT molecular complexity index is 448. The van der Waals surface area contributed by atoms with Gasteiger partial charge in [0.15, 0.2) is 5.69 Å². The van der Waals surface area contributed by atoms with Gasteiger partial charge in [0.25, 0.3) is 0 Å². The van der Waals surface area contributed by atoms with Crippen LogP contribution in [-0.2, 0) is 6.18 Å². The lowest BCUT2D eigenvalue weighted by atomic mass is 10.3. The number of halogens is 4. The van der Waals surface area contributed by atoms with E-state index in [-0.39, 0.29) is 10.6 Å². The van der Waals surface area contributed by atoms with Crippen molar-refractivity contribution in [1.82, 2.24) is 9.97 Å². The van der Waals surface area contributed by atoms with Crippen LogP contribution in [0.15, 0.2) is 6.07 Å². The first-order valence-electron chi connectivity index (χ1n) is 5.25. The summed E-state index contributed by atoms with van der Waals surface area (Å²) in [5.41, 5.74) is -1.03. The van der Waals surface area contributed by atoms with E-state index in [9.17, 15) is 13.2 Å². The van der Waals surface area contributed by atoms with Gasteiger partial charge in [-0.2, -0.15) is 24.9 Å². The van der Waals surface area contributed by atoms with Gasteiger partial charge in [0.05, 0.1) is 0 Å². The summed E-state index contributed by atoms with van der Waals surface area (Å²) in [6, 6.07) is 0.877. The molecular formula is C10H11ClF3N3S. The highest BCUT2D eigenvalue weighted by atomic mass is 35.5. The lowest BCUT2D eigenvalue weighted by molar-refractivity contribution is -0.141. The molecule has 18 heavy (non-hydrogen) atoms. The zero-order valence-corrected chi connectivity index (χ0v) is 11.1. The van der Waals surface area contributed by atoms with Gasteiger partial charge in [0.2, 0.25) is 5.28 Å². The largest absolute Gasteiger partial charge is 0.433 e. The number of aromatic nitrogens is 2. The molecule has 1 aromatic rings. The molecule has 1 fully saturated rings. The van der Waals surface area contributed by atoms with E-state index in [2.05, 4.69) is 15.3 Å². The molecule has 8 heteroatoms. The maximum atomic E-state index is 12.5. The zero-order chi connectivity index (χ0) is 13.4. The van der Waals surface area contributed by atoms with Gasteiger partial charge in [-0.05, 0) is 30.7 Å². The predicted octanol–water partition coefficient (Wildman–Crippen LogP) is 3.46. The van der Waals surface area contributed by atoms with E-state index in [0.29, 0.717) is 6.54 Å². The average Bonchev–Trinajstić information content (AvgIpc) is 3.05. The van der Waals surface area contributed by atoms with Gasteiger partial charge in [0, 0.05) is 17.4 Å². The number of rotatable bonds is 4. The maximum Gasteiger partial charge on any atom is 0.433 e. The molecule has 3 nitrogen and oxygen atoms in total. The Morgan fingerprint density at radius 1 is 1.44 bits per heavy atom. The molecule has 1 saturated carbocycles. The van der Waals surface area contributed by atoms with Gasteiger partial charge in [0.1, 0.15) is 5.82 Å². The van der Waals surface area contributed by atoms with Crippen molar-refractivity contribution >= 4 is 29.2 Å². The van der Waals surface area contributed by atoms with Crippen LogP contribution < -0.4 is 5.32 Å². The molecule has 0 radical (unpaired) electrons. The van der Waals surface area contributed by atoms with Crippen molar-refractivity contribution in [2.45, 2.75) is 23.8 Å². The summed E-state index contributed by atoms with van der Waals surface area (Å²) in [7, 11) is 0. The van der Waals surface area contributed by atoms with Crippen LogP contribution in [0.1, 0.15) is 18.5 Å². The van der Waals surface area contributed by atoms with Crippen LogP contribution in [0.25, 0.3) is 0 Å². The summed E-state index contributed by atoms with van der Waals surface area (Å²) < 4.78 is 37.7. The molecule has 1 aliphatic carbocycles. The monoisotopic (exact) mass is 297 g/mol. The number of anilines is 1. The smallest absolute Gasteiger partial charge is 0.369 e. The molecule has 1 N–H and O–H groups in total. The van der Waals surface area contributed by atoms with Crippen LogP contribution in [0, 0.1) is 0 Å². The van der Waals surface area contributed by atoms with E-state index in [1.807, 2.05) is 6.26 Å². The fourth-order valence-corrected chi connectivity index (χ4v) is 2.41. The molecular weight excluding hydrogens is 287 g/mol. The number of alkyl halides is 3. The molecule has 0 amide bonds. The fourth-order valence-electron chi connectivity index (χ4n) is 1.50. The molecule has 100 valence electrons. The second kappa shape index (κ2) is 4.77. The van der Waals surface area contributed by atoms with Gasteiger partial charge in [-0.1, -0.05) is 0 Å². The van der Waals surface area contributed by atoms with Gasteiger partial charge in [-0.15, -0.1) is 0 Å². The molecule has 0 spiro atoms. The van der Waals surface area contributed by atoms with Crippen molar-refractivity contribution in [2.24, 2.45) is 0 Å². The first-order chi connectivity index (χ1) is 8.35. The third kappa shape index (κ3) is 3.20. The molecule has 0 bridgehead atoms. The van der Waals surface area contributed by atoms with E-state index >= 15 is 0 Å². The van der Waals surface area contributed by atoms with Crippen LogP contribution in [0.4, 0.5) is 19.0 Å². The lowest BCUT2D eigenvalue weighted by Crippen LogP contribution is -2.19. The van der Waals surface area contributed by atoms with E-state index in [4.69, 9.17) is 11.6 Å². The van der Waals surface area contributed by atoms with E-state index < -0.39 is 17.2 Å². The first kappa shape index (κ1) is 13.7. The Kier molecular flexibility index (Phi) is 3.64. The normalized spacial score (nSPS) is 17.6. The molecule has 0 aliphatic heterocycles. The van der Waals surface area contributed by atoms with Crippen LogP contribution in [0.3, 0.4) is 0 Å². The fraction of sp³-hybridized carbons (Fsp3) is 0.600. The van der Waals surface area contributed by atoms with Gasteiger partial charge < -0.3 is 5.32 Å². The summed E-state index contributed by atoms with van der Waals surface area (Å²) in [5, 5.41) is 2.49. The second-order valence-electron chi connectivity index (χ2n) is 4.15. The highest BCUT2D eigenvalue weighted by Crippen LogP contribution is 2.47. The van der Waals surface area contributed by atoms with Crippen LogP contribution in [0.5, 0.6) is 0 Å². The summed E-state index contributed by atoms with van der Waals surface area (Å²) in [6.07, 6.45) is -0.402. The Balaban J connectivity index is 2.11. The molecule has 2 rings (SSSR count). The highest BCUT2D eigenvalue weighted by Gasteiger charge is 2.41. The first-order valence-corrected chi connectivity index (χ1v) is 6.86. The number of hydrogen-bond donors (Lipinski definition) is 1. The Labute approximate surface area is 112 Å². The van der Waals surface area contributed by atoms with Crippen molar-refractivity contribution in [3.05, 3.63) is 17.0 Å². The molecule has 0 atom stereocenters. The van der Waals surface area contributed by atoms with Crippen LogP contribution >= 0.6 is 23.4 Å². The van der Waals surface area contributed by atoms with Crippen molar-refractivity contribution in [3.63, 3.8) is 0 Å². The van der Waals surface area contributed by atoms with Gasteiger partial charge in [-0.3, -0.25) is 0 Å². The van der Waals surface area contributed by atoms with Crippen LogP contribution in [0.2, 0.25) is 5.28 Å². The van der Waals surface area contributed by atoms with Crippen LogP contribution in [-0.4, -0.2) is 27.5 Å². The number of nitrogens with zero attached hydrogens (tertiary/aromatic N) is 2. The zero-order valence-electron chi connectivity index (χ0n) is 9.51. The SMILES string of the molecule is CSC1(CNc2cc(C(F)(F)F)nc(Cl)n2)CC1. The standard InChI is InChI=1S/C10H11ClF3N3S/c1-18-9(2-3-9)5-15-7-4-6(10(12,13)14)16-8(11)17-7/h4H,2-3,5H2,1H3,(H,15,16,17). The minimum Gasteiger partial charge on any atom is -0.369 e. The predicted molar refractivity (Wildman–Crippen MR) is 66.0 cm³/mol. The molecule has 0 aromatic carbocycles. The summed E-state index contributed by atoms with van der Waals surface area (Å²) in [4.78, 5) is 6.92. The highest BCUT2D eigenvalue weighted by molar-refractivity contribution is 8.00. The topological polar surface area (TPSA) is 37.8 Å². The van der Waals surface area contributed by atoms with E-state index in [1.165, 1.54) is 0 Å². The quantitative estimate of drug-likeness (QED) is 0.864. The third-order valence-corrected chi connectivity index (χ3v) is 4.41. The summed E-state index contributed by atoms with van der Waals surface area (Å²) in [5.74, 6) is 0.114. The van der Waals surface area contributed by atoms with Gasteiger partial charge >= 0.3 is 6.18 Å². The van der Waals surface area contributed by atoms with E-state index in [0.717, 1.165) is 18.9 Å². The van der Waals surface area contributed by atoms with E-state index in [1.54, 1.807) is 11.8 Å². The van der Waals surface area contributed by atoms with Crippen molar-refractivity contribution in [2.75, 3.05) is 18.1 Å².